The van der Waals surface area contributed by atoms with Gasteiger partial charge in [0.15, 0.2) is 0 Å². The Morgan fingerprint density at radius 2 is 2.00 bits per heavy atom. The number of hydrogen-bond donors (Lipinski definition) is 1. The van der Waals surface area contributed by atoms with Crippen molar-refractivity contribution < 1.29 is 9.13 Å². The second kappa shape index (κ2) is 8.59. The van der Waals surface area contributed by atoms with Crippen LogP contribution in [0, 0.1) is 5.82 Å². The Labute approximate surface area is 159 Å². The van der Waals surface area contributed by atoms with Crippen molar-refractivity contribution in [3.8, 4) is 0 Å². The maximum absolute atomic E-state index is 13.1. The first-order valence-corrected chi connectivity index (χ1v) is 9.60. The molecule has 4 rings (SSSR count). The van der Waals surface area contributed by atoms with Gasteiger partial charge in [-0.05, 0) is 42.5 Å². The molecule has 0 unspecified atom stereocenters. The normalized spacial score (nSPS) is 20.5. The zero-order chi connectivity index (χ0) is 18.5. The van der Waals surface area contributed by atoms with Gasteiger partial charge in [-0.1, -0.05) is 18.2 Å². The van der Waals surface area contributed by atoms with E-state index < -0.39 is 0 Å². The van der Waals surface area contributed by atoms with E-state index in [1.54, 1.807) is 0 Å². The van der Waals surface area contributed by atoms with E-state index in [1.165, 1.54) is 17.7 Å². The van der Waals surface area contributed by atoms with E-state index >= 15 is 0 Å². The molecule has 1 atom stereocenters. The van der Waals surface area contributed by atoms with Crippen LogP contribution in [-0.4, -0.2) is 47.2 Å². The third kappa shape index (κ3) is 4.90. The lowest BCUT2D eigenvalue weighted by Gasteiger charge is -2.26. The predicted octanol–water partition coefficient (Wildman–Crippen LogP) is 3.50. The summed E-state index contributed by atoms with van der Waals surface area (Å²) in [6, 6.07) is 6.75. The maximum Gasteiger partial charge on any atom is 0.222 e. The summed E-state index contributed by atoms with van der Waals surface area (Å²) >= 11 is 0. The van der Waals surface area contributed by atoms with Crippen LogP contribution in [0.4, 0.5) is 10.3 Å². The van der Waals surface area contributed by atoms with Gasteiger partial charge < -0.3 is 10.1 Å². The fourth-order valence-electron chi connectivity index (χ4n) is 3.58. The van der Waals surface area contributed by atoms with E-state index in [-0.39, 0.29) is 11.9 Å². The van der Waals surface area contributed by atoms with Crippen LogP contribution in [-0.2, 0) is 11.3 Å². The number of nitrogens with one attached hydrogen (secondary N) is 1. The average Bonchev–Trinajstić information content (AvgIpc) is 3.22. The van der Waals surface area contributed by atoms with Crippen molar-refractivity contribution in [2.45, 2.75) is 31.9 Å². The molecular formula is C21H25FN4O. The van der Waals surface area contributed by atoms with Gasteiger partial charge in [0.1, 0.15) is 5.82 Å². The fraction of sp³-hybridized carbons (Fsp3) is 0.429. The highest BCUT2D eigenvalue weighted by molar-refractivity contribution is 5.66. The molecule has 0 bridgehead atoms. The van der Waals surface area contributed by atoms with E-state index in [4.69, 9.17) is 4.74 Å². The molecule has 5 nitrogen and oxygen atoms in total. The summed E-state index contributed by atoms with van der Waals surface area (Å²) in [7, 11) is 0. The molecule has 0 spiro atoms. The second-order valence-electron chi connectivity index (χ2n) is 7.15. The zero-order valence-electron chi connectivity index (χ0n) is 15.4. The Kier molecular flexibility index (Phi) is 5.75. The van der Waals surface area contributed by atoms with Gasteiger partial charge in [-0.25, -0.2) is 14.4 Å². The molecule has 0 saturated carbocycles. The van der Waals surface area contributed by atoms with Gasteiger partial charge in [0.25, 0.3) is 0 Å². The molecule has 1 fully saturated rings. The average molecular weight is 368 g/mol. The highest BCUT2D eigenvalue weighted by Crippen LogP contribution is 2.23. The number of nitrogens with zero attached hydrogens (tertiary/aromatic N) is 3. The summed E-state index contributed by atoms with van der Waals surface area (Å²) in [4.78, 5) is 11.2. The van der Waals surface area contributed by atoms with Crippen LogP contribution < -0.4 is 5.32 Å². The molecule has 3 heterocycles. The fourth-order valence-corrected chi connectivity index (χ4v) is 3.58. The molecule has 0 aliphatic carbocycles. The molecular weight excluding hydrogens is 343 g/mol. The Morgan fingerprint density at radius 1 is 1.19 bits per heavy atom. The molecule has 1 saturated heterocycles. The van der Waals surface area contributed by atoms with Crippen molar-refractivity contribution in [3.63, 3.8) is 0 Å². The van der Waals surface area contributed by atoms with Crippen molar-refractivity contribution in [1.82, 2.24) is 14.9 Å². The van der Waals surface area contributed by atoms with Gasteiger partial charge in [-0.15, -0.1) is 0 Å². The number of anilines is 1. The van der Waals surface area contributed by atoms with E-state index in [2.05, 4.69) is 26.3 Å². The van der Waals surface area contributed by atoms with Crippen molar-refractivity contribution in [2.24, 2.45) is 0 Å². The van der Waals surface area contributed by atoms with E-state index in [9.17, 15) is 4.39 Å². The lowest BCUT2D eigenvalue weighted by Crippen LogP contribution is -2.28. The molecule has 2 aromatic rings. The van der Waals surface area contributed by atoms with Gasteiger partial charge in [-0.3, -0.25) is 4.90 Å². The van der Waals surface area contributed by atoms with Gasteiger partial charge in [-0.2, -0.15) is 0 Å². The number of halogens is 1. The molecule has 0 radical (unpaired) electrons. The number of hydrogen-bond acceptors (Lipinski definition) is 5. The molecule has 142 valence electrons. The number of ether oxygens (including phenoxy) is 1. The minimum absolute atomic E-state index is 0.189. The third-order valence-corrected chi connectivity index (χ3v) is 5.13. The zero-order valence-corrected chi connectivity index (χ0v) is 15.4. The monoisotopic (exact) mass is 368 g/mol. The van der Waals surface area contributed by atoms with Crippen molar-refractivity contribution >= 4 is 11.5 Å². The minimum atomic E-state index is -0.189. The summed E-state index contributed by atoms with van der Waals surface area (Å²) in [6.45, 7) is 4.31. The maximum atomic E-state index is 13.1. The van der Waals surface area contributed by atoms with Crippen molar-refractivity contribution in [2.75, 3.05) is 31.6 Å². The highest BCUT2D eigenvalue weighted by Gasteiger charge is 2.16. The molecule has 1 N–H and O–H groups in total. The van der Waals surface area contributed by atoms with E-state index in [1.807, 2.05) is 24.5 Å². The summed E-state index contributed by atoms with van der Waals surface area (Å²) in [5.74, 6) is 0.469. The SMILES string of the molecule is Fc1ccc(C2=CCN(Cc3cnc(NC[C@@H]4CCCO4)nc3)CC2)cc1. The highest BCUT2D eigenvalue weighted by atomic mass is 19.1. The number of rotatable bonds is 6. The Morgan fingerprint density at radius 3 is 2.67 bits per heavy atom. The quantitative estimate of drug-likeness (QED) is 0.846. The van der Waals surface area contributed by atoms with Crippen LogP contribution in [0.5, 0.6) is 0 Å². The second-order valence-corrected chi connectivity index (χ2v) is 7.15. The lowest BCUT2D eigenvalue weighted by atomic mass is 9.99. The molecule has 0 amide bonds. The Hall–Kier alpha value is -2.31. The Balaban J connectivity index is 1.27. The van der Waals surface area contributed by atoms with E-state index in [0.29, 0.717) is 5.95 Å². The van der Waals surface area contributed by atoms with Crippen LogP contribution >= 0.6 is 0 Å². The number of benzene rings is 1. The molecule has 1 aromatic heterocycles. The van der Waals surface area contributed by atoms with Gasteiger partial charge in [0.2, 0.25) is 5.95 Å². The smallest absolute Gasteiger partial charge is 0.222 e. The molecule has 2 aliphatic rings. The topological polar surface area (TPSA) is 50.3 Å². The van der Waals surface area contributed by atoms with Crippen LogP contribution in [0.25, 0.3) is 5.57 Å². The predicted molar refractivity (Wildman–Crippen MR) is 104 cm³/mol. The first-order valence-electron chi connectivity index (χ1n) is 9.60. The van der Waals surface area contributed by atoms with Crippen LogP contribution in [0.15, 0.2) is 42.7 Å². The van der Waals surface area contributed by atoms with Crippen LogP contribution in [0.1, 0.15) is 30.4 Å². The summed E-state index contributed by atoms with van der Waals surface area (Å²) in [5.41, 5.74) is 3.51. The number of aromatic nitrogens is 2. The van der Waals surface area contributed by atoms with Gasteiger partial charge >= 0.3 is 0 Å². The van der Waals surface area contributed by atoms with E-state index in [0.717, 1.165) is 63.2 Å². The summed E-state index contributed by atoms with van der Waals surface area (Å²) in [6.07, 6.45) is 9.51. The summed E-state index contributed by atoms with van der Waals surface area (Å²) < 4.78 is 18.7. The molecule has 6 heteroatoms. The van der Waals surface area contributed by atoms with Crippen LogP contribution in [0.2, 0.25) is 0 Å². The third-order valence-electron chi connectivity index (χ3n) is 5.13. The largest absolute Gasteiger partial charge is 0.376 e. The van der Waals surface area contributed by atoms with Gasteiger partial charge in [0.05, 0.1) is 6.10 Å². The molecule has 1 aromatic carbocycles. The van der Waals surface area contributed by atoms with Gasteiger partial charge in [0, 0.05) is 50.7 Å². The summed E-state index contributed by atoms with van der Waals surface area (Å²) in [5, 5.41) is 3.25. The first-order chi connectivity index (χ1) is 13.3. The van der Waals surface area contributed by atoms with Crippen molar-refractivity contribution in [1.29, 1.82) is 0 Å². The standard InChI is InChI=1S/C21H25FN4O/c22-19-5-3-17(4-6-19)18-7-9-26(10-8-18)15-16-12-23-21(24-13-16)25-14-20-2-1-11-27-20/h3-7,12-13,20H,1-2,8-11,14-15H2,(H,23,24,25)/t20-/m0/s1. The minimum Gasteiger partial charge on any atom is -0.376 e. The molecule has 2 aliphatic heterocycles. The molecule has 27 heavy (non-hydrogen) atoms. The lowest BCUT2D eigenvalue weighted by molar-refractivity contribution is 0.120. The Bertz CT molecular complexity index is 770. The first kappa shape index (κ1) is 18.1. The van der Waals surface area contributed by atoms with Crippen molar-refractivity contribution in [3.05, 3.63) is 59.7 Å². The van der Waals surface area contributed by atoms with Crippen LogP contribution in [0.3, 0.4) is 0 Å².